The van der Waals surface area contributed by atoms with E-state index in [1.54, 1.807) is 12.1 Å². The van der Waals surface area contributed by atoms with Crippen molar-refractivity contribution in [2.75, 3.05) is 6.61 Å². The minimum Gasteiger partial charge on any atom is -0.494 e. The predicted octanol–water partition coefficient (Wildman–Crippen LogP) is 7.74. The molecule has 1 atom stereocenters. The van der Waals surface area contributed by atoms with Gasteiger partial charge in [0.2, 0.25) is 0 Å². The number of ether oxygens (including phenoxy) is 3. The van der Waals surface area contributed by atoms with Crippen LogP contribution in [0.25, 0.3) is 0 Å². The van der Waals surface area contributed by atoms with Crippen LogP contribution in [0.4, 0.5) is 0 Å². The molecular formula is C28H40O4. The Labute approximate surface area is 194 Å². The third kappa shape index (κ3) is 10.2. The molecular weight excluding hydrogens is 400 g/mol. The van der Waals surface area contributed by atoms with Crippen LogP contribution in [-0.2, 0) is 11.3 Å². The highest BCUT2D eigenvalue weighted by Crippen LogP contribution is 2.18. The molecule has 176 valence electrons. The van der Waals surface area contributed by atoms with Crippen LogP contribution in [0.2, 0.25) is 0 Å². The summed E-state index contributed by atoms with van der Waals surface area (Å²) in [6, 6.07) is 15.2. The molecule has 0 saturated carbocycles. The molecule has 0 aliphatic heterocycles. The van der Waals surface area contributed by atoms with Crippen molar-refractivity contribution in [3.63, 3.8) is 0 Å². The maximum Gasteiger partial charge on any atom is 0.338 e. The zero-order valence-corrected chi connectivity index (χ0v) is 20.1. The lowest BCUT2D eigenvalue weighted by Crippen LogP contribution is -2.15. The summed E-state index contributed by atoms with van der Waals surface area (Å²) in [6.45, 7) is 7.60. The zero-order valence-electron chi connectivity index (χ0n) is 20.1. The summed E-state index contributed by atoms with van der Waals surface area (Å²) < 4.78 is 17.2. The summed E-state index contributed by atoms with van der Waals surface area (Å²) >= 11 is 0. The Hall–Kier alpha value is -2.49. The summed E-state index contributed by atoms with van der Waals surface area (Å²) in [7, 11) is 0. The lowest BCUT2D eigenvalue weighted by molar-refractivity contribution is 0.0319. The minimum atomic E-state index is -0.273. The minimum absolute atomic E-state index is 0.0569. The number of benzene rings is 2. The van der Waals surface area contributed by atoms with Crippen molar-refractivity contribution in [2.24, 2.45) is 0 Å². The van der Waals surface area contributed by atoms with Crippen LogP contribution in [0, 0.1) is 0 Å². The second-order valence-electron chi connectivity index (χ2n) is 8.43. The monoisotopic (exact) mass is 440 g/mol. The second kappa shape index (κ2) is 15.3. The molecule has 0 N–H and O–H groups in total. The lowest BCUT2D eigenvalue weighted by atomic mass is 10.1. The molecule has 2 rings (SSSR count). The third-order valence-electron chi connectivity index (χ3n) is 5.46. The molecule has 0 radical (unpaired) electrons. The average Bonchev–Trinajstić information content (AvgIpc) is 2.81. The van der Waals surface area contributed by atoms with Crippen molar-refractivity contribution in [2.45, 2.75) is 91.3 Å². The van der Waals surface area contributed by atoms with E-state index in [4.69, 9.17) is 14.2 Å². The highest BCUT2D eigenvalue weighted by atomic mass is 16.5. The van der Waals surface area contributed by atoms with Gasteiger partial charge in [-0.2, -0.15) is 0 Å². The van der Waals surface area contributed by atoms with Gasteiger partial charge in [0, 0.05) is 0 Å². The maximum atomic E-state index is 12.3. The summed E-state index contributed by atoms with van der Waals surface area (Å²) in [5.41, 5.74) is 1.63. The summed E-state index contributed by atoms with van der Waals surface area (Å²) in [5, 5.41) is 0. The highest BCUT2D eigenvalue weighted by molar-refractivity contribution is 5.89. The van der Waals surface area contributed by atoms with E-state index in [2.05, 4.69) is 13.8 Å². The van der Waals surface area contributed by atoms with Crippen molar-refractivity contribution in [1.29, 1.82) is 0 Å². The maximum absolute atomic E-state index is 12.3. The fraction of sp³-hybridized carbons (Fsp3) is 0.536. The molecule has 0 amide bonds. The Morgan fingerprint density at radius 2 is 1.34 bits per heavy atom. The number of carbonyl (C=O) groups excluding carboxylic acids is 1. The van der Waals surface area contributed by atoms with Crippen LogP contribution in [0.5, 0.6) is 11.5 Å². The zero-order chi connectivity index (χ0) is 23.0. The van der Waals surface area contributed by atoms with Gasteiger partial charge in [0.25, 0.3) is 0 Å². The van der Waals surface area contributed by atoms with Gasteiger partial charge in [0.05, 0.1) is 18.3 Å². The van der Waals surface area contributed by atoms with E-state index in [1.165, 1.54) is 38.5 Å². The summed E-state index contributed by atoms with van der Waals surface area (Å²) in [6.07, 6.45) is 10.4. The Morgan fingerprint density at radius 1 is 0.750 bits per heavy atom. The molecule has 4 heteroatoms. The third-order valence-corrected chi connectivity index (χ3v) is 5.46. The first-order chi connectivity index (χ1) is 15.6. The summed E-state index contributed by atoms with van der Waals surface area (Å²) in [4.78, 5) is 12.3. The Bertz CT molecular complexity index is 752. The van der Waals surface area contributed by atoms with Gasteiger partial charge in [-0.1, -0.05) is 64.5 Å². The van der Waals surface area contributed by atoms with E-state index in [0.29, 0.717) is 12.2 Å². The van der Waals surface area contributed by atoms with Crippen molar-refractivity contribution in [3.05, 3.63) is 59.7 Å². The van der Waals surface area contributed by atoms with E-state index in [1.807, 2.05) is 43.3 Å². The molecule has 0 saturated heterocycles. The van der Waals surface area contributed by atoms with Gasteiger partial charge in [-0.15, -0.1) is 0 Å². The smallest absolute Gasteiger partial charge is 0.338 e. The molecule has 2 aromatic rings. The number of carbonyl (C=O) groups is 1. The van der Waals surface area contributed by atoms with Gasteiger partial charge in [0.1, 0.15) is 18.1 Å². The Kier molecular flexibility index (Phi) is 12.3. The van der Waals surface area contributed by atoms with E-state index < -0.39 is 0 Å². The normalized spacial score (nSPS) is 11.7. The van der Waals surface area contributed by atoms with Crippen LogP contribution in [0.15, 0.2) is 48.5 Å². The molecule has 0 bridgehead atoms. The molecule has 0 heterocycles. The molecule has 2 aromatic carbocycles. The van der Waals surface area contributed by atoms with Crippen LogP contribution >= 0.6 is 0 Å². The predicted molar refractivity (Wildman–Crippen MR) is 130 cm³/mol. The quantitative estimate of drug-likeness (QED) is 0.198. The molecule has 0 aliphatic carbocycles. The molecule has 32 heavy (non-hydrogen) atoms. The van der Waals surface area contributed by atoms with Crippen molar-refractivity contribution in [3.8, 4) is 11.5 Å². The van der Waals surface area contributed by atoms with Gasteiger partial charge in [-0.05, 0) is 68.1 Å². The van der Waals surface area contributed by atoms with E-state index in [-0.39, 0.29) is 12.1 Å². The van der Waals surface area contributed by atoms with Crippen LogP contribution in [0.1, 0.15) is 94.5 Å². The largest absolute Gasteiger partial charge is 0.494 e. The Balaban J connectivity index is 1.71. The number of esters is 1. The molecule has 1 unspecified atom stereocenters. The number of rotatable bonds is 16. The van der Waals surface area contributed by atoms with Crippen molar-refractivity contribution < 1.29 is 19.0 Å². The first kappa shape index (κ1) is 25.8. The second-order valence-corrected chi connectivity index (χ2v) is 8.43. The average molecular weight is 441 g/mol. The first-order valence-electron chi connectivity index (χ1n) is 12.3. The van der Waals surface area contributed by atoms with E-state index >= 15 is 0 Å². The van der Waals surface area contributed by atoms with Gasteiger partial charge in [-0.3, -0.25) is 0 Å². The van der Waals surface area contributed by atoms with Crippen LogP contribution < -0.4 is 9.47 Å². The summed E-state index contributed by atoms with van der Waals surface area (Å²) in [5.74, 6) is 1.35. The molecule has 0 spiro atoms. The molecule has 0 fully saturated rings. The van der Waals surface area contributed by atoms with Crippen LogP contribution in [0.3, 0.4) is 0 Å². The first-order valence-corrected chi connectivity index (χ1v) is 12.3. The number of hydrogen-bond donors (Lipinski definition) is 0. The van der Waals surface area contributed by atoms with Crippen molar-refractivity contribution >= 4 is 5.97 Å². The van der Waals surface area contributed by atoms with E-state index in [0.717, 1.165) is 42.9 Å². The highest BCUT2D eigenvalue weighted by Gasteiger charge is 2.12. The standard InChI is InChI=1S/C28H40O4/c1-4-6-8-10-12-23(3)32-28(29)25-15-19-27(20-16-25)31-22-24-13-17-26(18-14-24)30-21-11-9-7-5-2/h13-20,23H,4-12,21-22H2,1-3H3. The van der Waals surface area contributed by atoms with E-state index in [9.17, 15) is 4.79 Å². The number of unbranched alkanes of at least 4 members (excludes halogenated alkanes) is 6. The fourth-order valence-corrected chi connectivity index (χ4v) is 3.42. The lowest BCUT2D eigenvalue weighted by Gasteiger charge is -2.13. The van der Waals surface area contributed by atoms with Gasteiger partial charge in [0.15, 0.2) is 0 Å². The molecule has 0 aliphatic rings. The Morgan fingerprint density at radius 3 is 2.00 bits per heavy atom. The number of hydrogen-bond acceptors (Lipinski definition) is 4. The van der Waals surface area contributed by atoms with Gasteiger partial charge in [-0.25, -0.2) is 4.79 Å². The topological polar surface area (TPSA) is 44.8 Å². The van der Waals surface area contributed by atoms with Crippen molar-refractivity contribution in [1.82, 2.24) is 0 Å². The fourth-order valence-electron chi connectivity index (χ4n) is 3.42. The van der Waals surface area contributed by atoms with Gasteiger partial charge >= 0.3 is 5.97 Å². The van der Waals surface area contributed by atoms with Crippen LogP contribution in [-0.4, -0.2) is 18.7 Å². The molecule has 4 nitrogen and oxygen atoms in total. The molecule has 0 aromatic heterocycles. The SMILES string of the molecule is CCCCCCOc1ccc(COc2ccc(C(=O)OC(C)CCCCCC)cc2)cc1. The van der Waals surface area contributed by atoms with Gasteiger partial charge < -0.3 is 14.2 Å².